The minimum absolute atomic E-state index is 0.131. The molecule has 5 aromatic rings. The Hall–Kier alpha value is -5.37. The van der Waals surface area contributed by atoms with E-state index in [2.05, 4.69) is 20.5 Å². The summed E-state index contributed by atoms with van der Waals surface area (Å²) in [5.74, 6) is 0.178. The molecule has 0 radical (unpaired) electrons. The number of fused-ring (bicyclic) bond motifs is 1. The summed E-state index contributed by atoms with van der Waals surface area (Å²) in [7, 11) is 0. The molecule has 3 amide bonds. The summed E-state index contributed by atoms with van der Waals surface area (Å²) in [5.41, 5.74) is 4.18. The van der Waals surface area contributed by atoms with Gasteiger partial charge in [0.25, 0.3) is 17.7 Å². The number of imide groups is 1. The van der Waals surface area contributed by atoms with Gasteiger partial charge in [-0.25, -0.2) is 4.98 Å². The van der Waals surface area contributed by atoms with Gasteiger partial charge >= 0.3 is 0 Å². The summed E-state index contributed by atoms with van der Waals surface area (Å²) < 4.78 is 0. The molecule has 0 unspecified atom stereocenters. The zero-order valence-corrected chi connectivity index (χ0v) is 20.1. The third-order valence-corrected chi connectivity index (χ3v) is 6.38. The van der Waals surface area contributed by atoms with Gasteiger partial charge in [-0.2, -0.15) is 5.10 Å². The quantitative estimate of drug-likeness (QED) is 0.313. The van der Waals surface area contributed by atoms with E-state index in [1.165, 1.54) is 4.90 Å². The van der Waals surface area contributed by atoms with Gasteiger partial charge < -0.3 is 5.32 Å². The van der Waals surface area contributed by atoms with Crippen molar-refractivity contribution in [2.75, 3.05) is 5.32 Å². The van der Waals surface area contributed by atoms with Crippen molar-refractivity contribution in [3.05, 3.63) is 125 Å². The van der Waals surface area contributed by atoms with E-state index >= 15 is 0 Å². The molecular weight excluding hydrogens is 478 g/mol. The van der Waals surface area contributed by atoms with Crippen LogP contribution < -0.4 is 5.32 Å². The van der Waals surface area contributed by atoms with Crippen molar-refractivity contribution >= 4 is 23.4 Å². The minimum atomic E-state index is -0.313. The first-order valence-electron chi connectivity index (χ1n) is 12.0. The van der Waals surface area contributed by atoms with Gasteiger partial charge in [-0.15, -0.1) is 0 Å². The first-order valence-corrected chi connectivity index (χ1v) is 12.0. The number of H-pyrrole nitrogens is 1. The number of benzene rings is 4. The van der Waals surface area contributed by atoms with Gasteiger partial charge in [0.05, 0.1) is 23.4 Å². The van der Waals surface area contributed by atoms with Crippen molar-refractivity contribution in [2.24, 2.45) is 0 Å². The summed E-state index contributed by atoms with van der Waals surface area (Å²) in [5, 5.41) is 10.2. The van der Waals surface area contributed by atoms with Crippen LogP contribution >= 0.6 is 0 Å². The number of nitrogens with zero attached hydrogens (tertiary/aromatic N) is 3. The van der Waals surface area contributed by atoms with E-state index in [0.717, 1.165) is 11.1 Å². The lowest BCUT2D eigenvalue weighted by Crippen LogP contribution is -2.29. The lowest BCUT2D eigenvalue weighted by atomic mass is 10.1. The maximum absolute atomic E-state index is 13.1. The van der Waals surface area contributed by atoms with Crippen LogP contribution in [-0.4, -0.2) is 37.8 Å². The molecule has 2 heterocycles. The highest BCUT2D eigenvalue weighted by Crippen LogP contribution is 2.28. The van der Waals surface area contributed by atoms with Crippen molar-refractivity contribution in [1.82, 2.24) is 20.1 Å². The molecule has 0 atom stereocenters. The molecule has 0 saturated heterocycles. The van der Waals surface area contributed by atoms with Crippen LogP contribution in [0.2, 0.25) is 0 Å². The maximum Gasteiger partial charge on any atom is 0.261 e. The Morgan fingerprint density at radius 2 is 1.34 bits per heavy atom. The summed E-state index contributed by atoms with van der Waals surface area (Å²) in [6.07, 6.45) is 0. The van der Waals surface area contributed by atoms with E-state index in [9.17, 15) is 14.4 Å². The normalized spacial score (nSPS) is 12.5. The Kier molecular flexibility index (Phi) is 5.82. The van der Waals surface area contributed by atoms with Crippen LogP contribution in [-0.2, 0) is 6.54 Å². The van der Waals surface area contributed by atoms with E-state index in [4.69, 9.17) is 0 Å². The third-order valence-electron chi connectivity index (χ3n) is 6.38. The van der Waals surface area contributed by atoms with E-state index in [-0.39, 0.29) is 24.3 Å². The molecule has 0 fully saturated rings. The molecule has 1 aliphatic rings. The molecule has 0 bridgehead atoms. The molecule has 0 saturated carbocycles. The lowest BCUT2D eigenvalue weighted by molar-refractivity contribution is 0.0642. The van der Waals surface area contributed by atoms with Crippen LogP contribution in [0.1, 0.15) is 36.6 Å². The number of carbonyl (C=O) groups is 3. The van der Waals surface area contributed by atoms with Gasteiger partial charge in [-0.1, -0.05) is 66.7 Å². The number of aromatic amines is 1. The Balaban J connectivity index is 1.17. The van der Waals surface area contributed by atoms with E-state index < -0.39 is 0 Å². The molecule has 1 aromatic heterocycles. The van der Waals surface area contributed by atoms with Gasteiger partial charge in [0.15, 0.2) is 11.6 Å². The smallest absolute Gasteiger partial charge is 0.261 e. The van der Waals surface area contributed by atoms with Crippen LogP contribution in [0.25, 0.3) is 22.8 Å². The number of rotatable bonds is 6. The number of hydrogen-bond acceptors (Lipinski definition) is 5. The highest BCUT2D eigenvalue weighted by molar-refractivity contribution is 6.21. The van der Waals surface area contributed by atoms with Crippen LogP contribution in [0.15, 0.2) is 103 Å². The van der Waals surface area contributed by atoms with Crippen LogP contribution in [0.5, 0.6) is 0 Å². The molecule has 8 nitrogen and oxygen atoms in total. The summed E-state index contributed by atoms with van der Waals surface area (Å²) in [6.45, 7) is 0.131. The summed E-state index contributed by atoms with van der Waals surface area (Å²) in [4.78, 5) is 44.2. The molecule has 0 aliphatic carbocycles. The van der Waals surface area contributed by atoms with Crippen molar-refractivity contribution in [2.45, 2.75) is 6.54 Å². The van der Waals surface area contributed by atoms with Crippen molar-refractivity contribution in [3.8, 4) is 22.8 Å². The Morgan fingerprint density at radius 3 is 2.03 bits per heavy atom. The first kappa shape index (κ1) is 23.1. The zero-order valence-electron chi connectivity index (χ0n) is 20.1. The summed E-state index contributed by atoms with van der Waals surface area (Å²) in [6, 6.07) is 30.6. The largest absolute Gasteiger partial charge is 0.321 e. The molecule has 8 heteroatoms. The maximum atomic E-state index is 13.1. The molecule has 184 valence electrons. The van der Waals surface area contributed by atoms with Crippen LogP contribution in [0, 0.1) is 0 Å². The molecular formula is C30H21N5O3. The fourth-order valence-corrected chi connectivity index (χ4v) is 4.42. The lowest BCUT2D eigenvalue weighted by Gasteiger charge is -2.14. The Morgan fingerprint density at radius 1 is 0.737 bits per heavy atom. The topological polar surface area (TPSA) is 108 Å². The van der Waals surface area contributed by atoms with Crippen LogP contribution in [0.4, 0.5) is 5.69 Å². The van der Waals surface area contributed by atoms with Crippen molar-refractivity contribution in [3.63, 3.8) is 0 Å². The molecule has 0 spiro atoms. The average molecular weight is 500 g/mol. The van der Waals surface area contributed by atoms with Crippen molar-refractivity contribution < 1.29 is 14.4 Å². The zero-order chi connectivity index (χ0) is 26.1. The fourth-order valence-electron chi connectivity index (χ4n) is 4.42. The minimum Gasteiger partial charge on any atom is -0.321 e. The predicted molar refractivity (Wildman–Crippen MR) is 142 cm³/mol. The third kappa shape index (κ3) is 4.24. The predicted octanol–water partition coefficient (Wildman–Crippen LogP) is 5.19. The number of anilines is 1. The number of para-hydroxylation sites is 1. The van der Waals surface area contributed by atoms with E-state index in [1.54, 1.807) is 54.6 Å². The fraction of sp³-hybridized carbons (Fsp3) is 0.0333. The standard InChI is InChI=1S/C30H21N5O3/c36-28(21-16-14-19(15-17-21)18-35-29(37)22-10-4-5-11-23(22)30(35)38)31-25-13-7-6-12-24(25)27-32-26(33-34-27)20-8-2-1-3-9-20/h1-17H,18H2,(H,31,36)(H,32,33,34). The molecule has 4 aromatic carbocycles. The first-order chi connectivity index (χ1) is 18.6. The number of nitrogens with one attached hydrogen (secondary N) is 2. The number of carbonyl (C=O) groups excluding carboxylic acids is 3. The van der Waals surface area contributed by atoms with Crippen LogP contribution in [0.3, 0.4) is 0 Å². The van der Waals surface area contributed by atoms with E-state index in [1.807, 2.05) is 48.5 Å². The van der Waals surface area contributed by atoms with Gasteiger partial charge in [-0.05, 0) is 42.0 Å². The van der Waals surface area contributed by atoms with E-state index in [0.29, 0.717) is 39.6 Å². The molecule has 6 rings (SSSR count). The average Bonchev–Trinajstić information content (AvgIpc) is 3.54. The number of hydrogen-bond donors (Lipinski definition) is 2. The second-order valence-electron chi connectivity index (χ2n) is 8.81. The highest BCUT2D eigenvalue weighted by Gasteiger charge is 2.34. The van der Waals surface area contributed by atoms with Gasteiger partial charge in [0.1, 0.15) is 0 Å². The Bertz CT molecular complexity index is 1640. The number of aromatic nitrogens is 3. The molecule has 1 aliphatic heterocycles. The van der Waals surface area contributed by atoms with Gasteiger partial charge in [0, 0.05) is 16.7 Å². The second kappa shape index (κ2) is 9.59. The highest BCUT2D eigenvalue weighted by atomic mass is 16.2. The second-order valence-corrected chi connectivity index (χ2v) is 8.81. The summed E-state index contributed by atoms with van der Waals surface area (Å²) >= 11 is 0. The monoisotopic (exact) mass is 499 g/mol. The molecule has 38 heavy (non-hydrogen) atoms. The SMILES string of the molecule is O=C(Nc1ccccc1-c1nc(-c2ccccc2)n[nH]1)c1ccc(CN2C(=O)c3ccccc3C2=O)cc1. The van der Waals surface area contributed by atoms with Gasteiger partial charge in [-0.3, -0.25) is 24.4 Å². The van der Waals surface area contributed by atoms with Crippen molar-refractivity contribution in [1.29, 1.82) is 0 Å². The molecule has 2 N–H and O–H groups in total. The Labute approximate surface area is 218 Å². The number of amides is 3. The van der Waals surface area contributed by atoms with Gasteiger partial charge in [0.2, 0.25) is 0 Å².